The van der Waals surface area contributed by atoms with E-state index in [0.29, 0.717) is 11.8 Å². The summed E-state index contributed by atoms with van der Waals surface area (Å²) < 4.78 is 46.3. The van der Waals surface area contributed by atoms with Gasteiger partial charge in [-0.1, -0.05) is 0 Å². The van der Waals surface area contributed by atoms with Gasteiger partial charge in [0.2, 0.25) is 5.66 Å². The molecule has 1 amide bonds. The molecule has 5 heterocycles. The van der Waals surface area contributed by atoms with Crippen LogP contribution in [0.5, 0.6) is 6.01 Å². The van der Waals surface area contributed by atoms with Crippen LogP contribution in [0.4, 0.5) is 24.5 Å². The second-order valence-electron chi connectivity index (χ2n) is 8.09. The van der Waals surface area contributed by atoms with E-state index in [1.165, 1.54) is 23.4 Å². The minimum atomic E-state index is -4.84. The SMILES string of the molecule is N#Cc1ncc(N2C(=O)C3(CNN3)N(c3cnc(OC4CCNCC4)nc3)C2=S)cc1C(F)(F)F. The van der Waals surface area contributed by atoms with Crippen molar-refractivity contribution in [1.82, 2.24) is 31.1 Å². The van der Waals surface area contributed by atoms with Crippen LogP contribution in [0.3, 0.4) is 0 Å². The van der Waals surface area contributed by atoms with E-state index in [1.807, 2.05) is 0 Å². The highest BCUT2D eigenvalue weighted by Gasteiger charge is 2.61. The molecule has 0 aromatic carbocycles. The lowest BCUT2D eigenvalue weighted by atomic mass is 10.1. The fraction of sp³-hybridized carbons (Fsp3) is 0.400. The van der Waals surface area contributed by atoms with Gasteiger partial charge < -0.3 is 10.1 Å². The molecule has 1 atom stereocenters. The third kappa shape index (κ3) is 3.93. The maximum absolute atomic E-state index is 13.5. The van der Waals surface area contributed by atoms with Gasteiger partial charge in [-0.15, -0.1) is 0 Å². The van der Waals surface area contributed by atoms with Gasteiger partial charge in [0.1, 0.15) is 12.2 Å². The van der Waals surface area contributed by atoms with Crippen molar-refractivity contribution in [3.63, 3.8) is 0 Å². The van der Waals surface area contributed by atoms with Gasteiger partial charge in [0.25, 0.3) is 5.91 Å². The summed E-state index contributed by atoms with van der Waals surface area (Å²) in [5.74, 6) is -0.615. The second kappa shape index (κ2) is 8.64. The molecular weight excluding hydrogens is 487 g/mol. The zero-order chi connectivity index (χ0) is 24.8. The number of nitrogens with zero attached hydrogens (tertiary/aromatic N) is 6. The highest BCUT2D eigenvalue weighted by molar-refractivity contribution is 7.81. The fourth-order valence-corrected chi connectivity index (χ4v) is 4.59. The first-order chi connectivity index (χ1) is 16.7. The Hall–Kier alpha value is -3.45. The van der Waals surface area contributed by atoms with Gasteiger partial charge in [-0.05, 0) is 44.2 Å². The zero-order valence-electron chi connectivity index (χ0n) is 18.0. The van der Waals surface area contributed by atoms with Crippen molar-refractivity contribution in [1.29, 1.82) is 5.26 Å². The molecule has 0 aliphatic carbocycles. The molecular formula is C20H18F3N9O2S. The molecule has 35 heavy (non-hydrogen) atoms. The summed E-state index contributed by atoms with van der Waals surface area (Å²) >= 11 is 5.51. The number of amides is 1. The molecule has 3 N–H and O–H groups in total. The van der Waals surface area contributed by atoms with Crippen LogP contribution in [-0.4, -0.2) is 57.4 Å². The van der Waals surface area contributed by atoms with Gasteiger partial charge in [-0.25, -0.2) is 20.4 Å². The Balaban J connectivity index is 1.46. The zero-order valence-corrected chi connectivity index (χ0v) is 18.8. The average Bonchev–Trinajstić information content (AvgIpc) is 3.06. The topological polar surface area (TPSA) is 131 Å². The summed E-state index contributed by atoms with van der Waals surface area (Å²) in [6.45, 7) is 1.79. The minimum absolute atomic E-state index is 0.0115. The van der Waals surface area contributed by atoms with Crippen LogP contribution in [0.25, 0.3) is 0 Å². The van der Waals surface area contributed by atoms with Crippen molar-refractivity contribution in [2.45, 2.75) is 30.8 Å². The molecule has 0 saturated carbocycles. The molecule has 3 fully saturated rings. The Morgan fingerprint density at radius 3 is 2.40 bits per heavy atom. The molecule has 2 aromatic rings. The van der Waals surface area contributed by atoms with E-state index in [2.05, 4.69) is 31.1 Å². The molecule has 182 valence electrons. The van der Waals surface area contributed by atoms with Gasteiger partial charge in [-0.2, -0.15) is 18.4 Å². The third-order valence-corrected chi connectivity index (χ3v) is 6.30. The van der Waals surface area contributed by atoms with E-state index < -0.39 is 29.0 Å². The number of halogens is 3. The van der Waals surface area contributed by atoms with E-state index in [0.717, 1.165) is 37.0 Å². The minimum Gasteiger partial charge on any atom is -0.460 e. The van der Waals surface area contributed by atoms with E-state index in [-0.39, 0.29) is 29.5 Å². The molecule has 5 rings (SSSR count). The first kappa shape index (κ1) is 23.3. The summed E-state index contributed by atoms with van der Waals surface area (Å²) in [7, 11) is 0. The van der Waals surface area contributed by atoms with Gasteiger partial charge >= 0.3 is 12.2 Å². The summed E-state index contributed by atoms with van der Waals surface area (Å²) in [5, 5.41) is 12.2. The molecule has 11 nitrogen and oxygen atoms in total. The lowest BCUT2D eigenvalue weighted by Gasteiger charge is -2.43. The number of hydrogen-bond donors (Lipinski definition) is 3. The van der Waals surface area contributed by atoms with Crippen molar-refractivity contribution in [3.05, 3.63) is 35.9 Å². The van der Waals surface area contributed by atoms with Crippen molar-refractivity contribution < 1.29 is 22.7 Å². The molecule has 15 heteroatoms. The van der Waals surface area contributed by atoms with Gasteiger partial charge in [0.05, 0.1) is 42.1 Å². The molecule has 1 unspecified atom stereocenters. The highest BCUT2D eigenvalue weighted by atomic mass is 32.1. The number of rotatable bonds is 4. The number of anilines is 2. The predicted molar refractivity (Wildman–Crippen MR) is 119 cm³/mol. The Kier molecular flexibility index (Phi) is 5.75. The first-order valence-electron chi connectivity index (χ1n) is 10.6. The number of carbonyl (C=O) groups is 1. The van der Waals surface area contributed by atoms with Crippen molar-refractivity contribution in [2.75, 3.05) is 29.4 Å². The summed E-state index contributed by atoms with van der Waals surface area (Å²) in [6.07, 6.45) is 0.670. The van der Waals surface area contributed by atoms with Crippen LogP contribution >= 0.6 is 12.2 Å². The summed E-state index contributed by atoms with van der Waals surface area (Å²) in [6, 6.07) is 2.28. The van der Waals surface area contributed by atoms with Crippen molar-refractivity contribution in [3.8, 4) is 12.1 Å². The number of aromatic nitrogens is 3. The predicted octanol–water partition coefficient (Wildman–Crippen LogP) is 0.835. The summed E-state index contributed by atoms with van der Waals surface area (Å²) in [4.78, 5) is 27.9. The maximum atomic E-state index is 13.5. The first-order valence-corrected chi connectivity index (χ1v) is 11.0. The summed E-state index contributed by atoms with van der Waals surface area (Å²) in [5.41, 5.74) is 2.27. The van der Waals surface area contributed by atoms with Crippen molar-refractivity contribution >= 4 is 34.6 Å². The largest absolute Gasteiger partial charge is 0.460 e. The highest BCUT2D eigenvalue weighted by Crippen LogP contribution is 2.39. The number of hydrazine groups is 1. The smallest absolute Gasteiger partial charge is 0.419 e. The quantitative estimate of drug-likeness (QED) is 0.511. The van der Waals surface area contributed by atoms with E-state index in [4.69, 9.17) is 22.2 Å². The van der Waals surface area contributed by atoms with E-state index in [1.54, 1.807) is 0 Å². The Morgan fingerprint density at radius 2 is 1.83 bits per heavy atom. The number of thiocarbonyl (C=S) groups is 1. The Bertz CT molecular complexity index is 1210. The number of pyridine rings is 1. The number of nitrogens with one attached hydrogen (secondary N) is 3. The fourth-order valence-electron chi connectivity index (χ4n) is 4.14. The monoisotopic (exact) mass is 505 g/mol. The third-order valence-electron chi connectivity index (χ3n) is 5.93. The number of piperidine rings is 1. The number of ether oxygens (including phenoxy) is 1. The second-order valence-corrected chi connectivity index (χ2v) is 8.45. The Labute approximate surface area is 202 Å². The van der Waals surface area contributed by atoms with Gasteiger partial charge in [0, 0.05) is 0 Å². The number of alkyl halides is 3. The normalized spacial score (nSPS) is 22.9. The lowest BCUT2D eigenvalue weighted by molar-refractivity contribution is -0.138. The van der Waals surface area contributed by atoms with Crippen LogP contribution in [-0.2, 0) is 11.0 Å². The molecule has 3 saturated heterocycles. The van der Waals surface area contributed by atoms with E-state index >= 15 is 0 Å². The van der Waals surface area contributed by atoms with Crippen LogP contribution in [0.1, 0.15) is 24.1 Å². The number of carbonyl (C=O) groups excluding carboxylic acids is 1. The number of hydrogen-bond acceptors (Lipinski definition) is 10. The van der Waals surface area contributed by atoms with Crippen LogP contribution in [0.15, 0.2) is 24.7 Å². The maximum Gasteiger partial charge on any atom is 0.419 e. The molecule has 2 aromatic heterocycles. The van der Waals surface area contributed by atoms with Gasteiger partial charge in [-0.3, -0.25) is 20.0 Å². The average molecular weight is 505 g/mol. The Morgan fingerprint density at radius 1 is 1.17 bits per heavy atom. The van der Waals surface area contributed by atoms with E-state index in [9.17, 15) is 18.0 Å². The molecule has 3 aliphatic rings. The molecule has 0 radical (unpaired) electrons. The molecule has 3 aliphatic heterocycles. The van der Waals surface area contributed by atoms with Crippen LogP contribution in [0, 0.1) is 11.3 Å². The number of nitriles is 1. The molecule has 1 spiro atoms. The van der Waals surface area contributed by atoms with Crippen molar-refractivity contribution in [2.24, 2.45) is 0 Å². The molecule has 0 bridgehead atoms. The standard InChI is InChI=1S/C20H18F3N9O2S/c21-20(22,23)14-5-11(7-26-15(14)6-24)31-16(33)19(10-29-30-19)32(18(31)35)12-8-27-17(28-9-12)34-13-1-3-25-4-2-13/h5,7-9,13,25,29-30H,1-4,10H2. The lowest BCUT2D eigenvalue weighted by Crippen LogP contribution is -2.79. The van der Waals surface area contributed by atoms with Crippen LogP contribution < -0.4 is 30.7 Å². The van der Waals surface area contributed by atoms with Crippen LogP contribution in [0.2, 0.25) is 0 Å². The van der Waals surface area contributed by atoms with Gasteiger partial charge in [0.15, 0.2) is 10.8 Å².